The highest BCUT2D eigenvalue weighted by atomic mass is 32.2. The SMILES string of the molecule is CC[C@H](C)[C@H](NC(=O)[C@H](Cc1ccc(O)cc1)NC(=O)[C@H](CSC)NC(=O)OC(C)(C)C)C(=O)NN. The van der Waals surface area contributed by atoms with E-state index in [2.05, 4.69) is 21.4 Å². The van der Waals surface area contributed by atoms with E-state index in [1.165, 1.54) is 23.9 Å². The summed E-state index contributed by atoms with van der Waals surface area (Å²) in [5.41, 5.74) is 1.98. The van der Waals surface area contributed by atoms with Gasteiger partial charge in [-0.15, -0.1) is 0 Å². The van der Waals surface area contributed by atoms with Crippen molar-refractivity contribution in [2.45, 2.75) is 71.2 Å². The van der Waals surface area contributed by atoms with Crippen LogP contribution in [0.3, 0.4) is 0 Å². The summed E-state index contributed by atoms with van der Waals surface area (Å²) in [5.74, 6) is 3.64. The van der Waals surface area contributed by atoms with Crippen LogP contribution in [0.5, 0.6) is 5.75 Å². The number of amides is 4. The molecule has 0 aliphatic rings. The average molecular weight is 526 g/mol. The number of rotatable bonds is 12. The number of ether oxygens (including phenoxy) is 1. The van der Waals surface area contributed by atoms with Crippen LogP contribution < -0.4 is 27.2 Å². The molecular weight excluding hydrogens is 486 g/mol. The minimum atomic E-state index is -1.08. The summed E-state index contributed by atoms with van der Waals surface area (Å²) >= 11 is 1.34. The number of benzene rings is 1. The second-order valence-corrected chi connectivity index (χ2v) is 10.4. The summed E-state index contributed by atoms with van der Waals surface area (Å²) in [6.07, 6.45) is 1.70. The number of alkyl carbamates (subject to hydrolysis) is 1. The number of hydrogen-bond donors (Lipinski definition) is 6. The third kappa shape index (κ3) is 10.7. The molecule has 4 amide bonds. The van der Waals surface area contributed by atoms with Crippen LogP contribution >= 0.6 is 11.8 Å². The molecule has 0 fully saturated rings. The van der Waals surface area contributed by atoms with E-state index in [1.54, 1.807) is 46.1 Å². The Morgan fingerprint density at radius 1 is 1.00 bits per heavy atom. The average Bonchev–Trinajstić information content (AvgIpc) is 2.80. The molecule has 0 aliphatic heterocycles. The van der Waals surface area contributed by atoms with Gasteiger partial charge in [-0.3, -0.25) is 19.8 Å². The molecule has 11 nitrogen and oxygen atoms in total. The van der Waals surface area contributed by atoms with Gasteiger partial charge in [-0.25, -0.2) is 10.6 Å². The molecule has 12 heteroatoms. The van der Waals surface area contributed by atoms with Crippen LogP contribution in [0.1, 0.15) is 46.6 Å². The first-order chi connectivity index (χ1) is 16.8. The van der Waals surface area contributed by atoms with Gasteiger partial charge in [0.1, 0.15) is 29.5 Å². The molecule has 0 spiro atoms. The smallest absolute Gasteiger partial charge is 0.408 e. The van der Waals surface area contributed by atoms with Crippen molar-refractivity contribution in [3.05, 3.63) is 29.8 Å². The lowest BCUT2D eigenvalue weighted by molar-refractivity contribution is -0.133. The lowest BCUT2D eigenvalue weighted by Crippen LogP contribution is -2.59. The van der Waals surface area contributed by atoms with Gasteiger partial charge in [-0.2, -0.15) is 11.8 Å². The van der Waals surface area contributed by atoms with E-state index < -0.39 is 47.5 Å². The van der Waals surface area contributed by atoms with Gasteiger partial charge in [-0.1, -0.05) is 32.4 Å². The second-order valence-electron chi connectivity index (χ2n) is 9.47. The Morgan fingerprint density at radius 3 is 2.08 bits per heavy atom. The Labute approximate surface area is 216 Å². The number of hydrazine groups is 1. The lowest BCUT2D eigenvalue weighted by Gasteiger charge is -2.27. The first-order valence-electron chi connectivity index (χ1n) is 11.7. The highest BCUT2D eigenvalue weighted by molar-refractivity contribution is 7.98. The van der Waals surface area contributed by atoms with Crippen molar-refractivity contribution in [1.29, 1.82) is 0 Å². The predicted molar refractivity (Wildman–Crippen MR) is 139 cm³/mol. The molecule has 0 saturated carbocycles. The second kappa shape index (κ2) is 14.5. The van der Waals surface area contributed by atoms with Crippen molar-refractivity contribution in [2.75, 3.05) is 12.0 Å². The van der Waals surface area contributed by atoms with E-state index in [-0.39, 0.29) is 23.8 Å². The standard InChI is InChI=1S/C24H39N5O6S/c1-7-14(2)19(22(33)29-25)28-20(31)17(12-15-8-10-16(30)11-9-15)26-21(32)18(13-36-6)27-23(34)35-24(3,4)5/h8-11,14,17-19,30H,7,12-13,25H2,1-6H3,(H,26,32)(H,27,34)(H,28,31)(H,29,33)/t14-,17-,18-,19-/m0/s1. The first kappa shape index (κ1) is 31.0. The van der Waals surface area contributed by atoms with Crippen LogP contribution in [0, 0.1) is 5.92 Å². The maximum Gasteiger partial charge on any atom is 0.408 e. The molecule has 1 aromatic carbocycles. The molecule has 202 valence electrons. The predicted octanol–water partition coefficient (Wildman–Crippen LogP) is 1.20. The van der Waals surface area contributed by atoms with Crippen LogP contribution in [0.2, 0.25) is 0 Å². The molecule has 0 unspecified atom stereocenters. The fraction of sp³-hybridized carbons (Fsp3) is 0.583. The normalized spacial score (nSPS) is 14.5. The van der Waals surface area contributed by atoms with Crippen molar-refractivity contribution in [3.8, 4) is 5.75 Å². The molecule has 0 radical (unpaired) electrons. The third-order valence-corrected chi connectivity index (χ3v) is 5.95. The summed E-state index contributed by atoms with van der Waals surface area (Å²) in [5, 5.41) is 17.5. The van der Waals surface area contributed by atoms with Crippen molar-refractivity contribution in [1.82, 2.24) is 21.4 Å². The Balaban J connectivity index is 3.15. The quantitative estimate of drug-likeness (QED) is 0.134. The molecule has 0 aromatic heterocycles. The number of nitrogens with one attached hydrogen (secondary N) is 4. The maximum absolute atomic E-state index is 13.3. The largest absolute Gasteiger partial charge is 0.508 e. The van der Waals surface area contributed by atoms with E-state index in [0.29, 0.717) is 12.0 Å². The van der Waals surface area contributed by atoms with E-state index in [4.69, 9.17) is 10.6 Å². The molecule has 7 N–H and O–H groups in total. The van der Waals surface area contributed by atoms with Crippen molar-refractivity contribution in [3.63, 3.8) is 0 Å². The number of nitrogens with two attached hydrogens (primary N) is 1. The van der Waals surface area contributed by atoms with Gasteiger partial charge in [0.05, 0.1) is 0 Å². The van der Waals surface area contributed by atoms with Crippen molar-refractivity contribution < 1.29 is 29.0 Å². The number of carbonyl (C=O) groups excluding carboxylic acids is 4. The van der Waals surface area contributed by atoms with Gasteiger partial charge in [0.2, 0.25) is 11.8 Å². The number of carbonyl (C=O) groups is 4. The van der Waals surface area contributed by atoms with Gasteiger partial charge in [-0.05, 0) is 50.6 Å². The zero-order valence-electron chi connectivity index (χ0n) is 21.7. The van der Waals surface area contributed by atoms with Crippen LogP contribution in [-0.2, 0) is 25.5 Å². The minimum Gasteiger partial charge on any atom is -0.508 e. The van der Waals surface area contributed by atoms with Crippen molar-refractivity contribution >= 4 is 35.6 Å². The lowest BCUT2D eigenvalue weighted by atomic mass is 9.97. The summed E-state index contributed by atoms with van der Waals surface area (Å²) in [6, 6.07) is 3.23. The molecule has 0 saturated heterocycles. The topological polar surface area (TPSA) is 172 Å². The fourth-order valence-corrected chi connectivity index (χ4v) is 3.76. The van der Waals surface area contributed by atoms with E-state index >= 15 is 0 Å². The van der Waals surface area contributed by atoms with E-state index in [9.17, 15) is 24.3 Å². The Bertz CT molecular complexity index is 890. The summed E-state index contributed by atoms with van der Waals surface area (Å²) in [6.45, 7) is 8.80. The molecule has 1 aromatic rings. The van der Waals surface area contributed by atoms with Gasteiger partial charge in [0.15, 0.2) is 0 Å². The Kier molecular flexibility index (Phi) is 12.5. The van der Waals surface area contributed by atoms with Crippen LogP contribution in [-0.4, -0.2) is 64.7 Å². The highest BCUT2D eigenvalue weighted by Gasteiger charge is 2.32. The zero-order chi connectivity index (χ0) is 27.5. The van der Waals surface area contributed by atoms with E-state index in [0.717, 1.165) is 0 Å². The molecule has 0 heterocycles. The van der Waals surface area contributed by atoms with Gasteiger partial charge >= 0.3 is 6.09 Å². The number of aromatic hydroxyl groups is 1. The van der Waals surface area contributed by atoms with Crippen molar-refractivity contribution in [2.24, 2.45) is 11.8 Å². The number of thioether (sulfide) groups is 1. The number of phenolic OH excluding ortho intramolecular Hbond substituents is 1. The summed E-state index contributed by atoms with van der Waals surface area (Å²) in [4.78, 5) is 51.0. The van der Waals surface area contributed by atoms with Crippen LogP contribution in [0.25, 0.3) is 0 Å². The third-order valence-electron chi connectivity index (χ3n) is 5.29. The number of hydrogen-bond acceptors (Lipinski definition) is 8. The number of phenols is 1. The molecule has 0 aliphatic carbocycles. The monoisotopic (exact) mass is 525 g/mol. The van der Waals surface area contributed by atoms with Gasteiger partial charge in [0.25, 0.3) is 5.91 Å². The Morgan fingerprint density at radius 2 is 1.58 bits per heavy atom. The van der Waals surface area contributed by atoms with Crippen LogP contribution in [0.4, 0.5) is 4.79 Å². The fourth-order valence-electron chi connectivity index (χ4n) is 3.19. The molecule has 36 heavy (non-hydrogen) atoms. The van der Waals surface area contributed by atoms with Gasteiger partial charge in [0, 0.05) is 12.2 Å². The molecule has 4 atom stereocenters. The van der Waals surface area contributed by atoms with E-state index in [1.807, 2.05) is 6.92 Å². The summed E-state index contributed by atoms with van der Waals surface area (Å²) in [7, 11) is 0. The summed E-state index contributed by atoms with van der Waals surface area (Å²) < 4.78 is 5.26. The zero-order valence-corrected chi connectivity index (χ0v) is 22.5. The maximum atomic E-state index is 13.3. The minimum absolute atomic E-state index is 0.0573. The molecular formula is C24H39N5O6S. The molecule has 1 rings (SSSR count). The highest BCUT2D eigenvalue weighted by Crippen LogP contribution is 2.14. The van der Waals surface area contributed by atoms with Gasteiger partial charge < -0.3 is 25.8 Å². The molecule has 0 bridgehead atoms. The van der Waals surface area contributed by atoms with Crippen LogP contribution in [0.15, 0.2) is 24.3 Å². The first-order valence-corrected chi connectivity index (χ1v) is 13.1. The Hall–Kier alpha value is -2.99.